The lowest BCUT2D eigenvalue weighted by atomic mass is 9.92. The van der Waals surface area contributed by atoms with E-state index in [2.05, 4.69) is 9.97 Å². The zero-order chi connectivity index (χ0) is 27.3. The molecular formula is C31H25N3O4S. The first-order chi connectivity index (χ1) is 18.9. The minimum Gasteiger partial charge on any atom is -0.503 e. The van der Waals surface area contributed by atoms with E-state index in [0.717, 1.165) is 27.7 Å². The average Bonchev–Trinajstić information content (AvgIpc) is 3.59. The van der Waals surface area contributed by atoms with Crippen LogP contribution in [0.4, 0.5) is 5.69 Å². The summed E-state index contributed by atoms with van der Waals surface area (Å²) in [4.78, 5) is 37.8. The van der Waals surface area contributed by atoms with Crippen LogP contribution in [0, 0.1) is 13.8 Å². The summed E-state index contributed by atoms with van der Waals surface area (Å²) in [7, 11) is 1.57. The van der Waals surface area contributed by atoms with E-state index in [1.54, 1.807) is 38.3 Å². The van der Waals surface area contributed by atoms with Gasteiger partial charge in [0.25, 0.3) is 5.91 Å². The lowest BCUT2D eigenvalue weighted by molar-refractivity contribution is -0.117. The largest absolute Gasteiger partial charge is 0.503 e. The van der Waals surface area contributed by atoms with Gasteiger partial charge in [0, 0.05) is 33.4 Å². The smallest absolute Gasteiger partial charge is 0.294 e. The highest BCUT2D eigenvalue weighted by molar-refractivity contribution is 7.17. The monoisotopic (exact) mass is 535 g/mol. The predicted molar refractivity (Wildman–Crippen MR) is 153 cm³/mol. The molecule has 0 radical (unpaired) electrons. The number of methoxy groups -OCH3 is 1. The Labute approximate surface area is 229 Å². The van der Waals surface area contributed by atoms with Crippen molar-refractivity contribution in [1.29, 1.82) is 0 Å². The van der Waals surface area contributed by atoms with Crippen molar-refractivity contribution in [2.75, 3.05) is 12.0 Å². The molecule has 2 aromatic heterocycles. The number of para-hydroxylation sites is 1. The van der Waals surface area contributed by atoms with Crippen LogP contribution in [0.2, 0.25) is 0 Å². The minimum atomic E-state index is -0.851. The van der Waals surface area contributed by atoms with Gasteiger partial charge in [-0.1, -0.05) is 48.5 Å². The normalized spacial score (nSPS) is 15.4. The quantitative estimate of drug-likeness (QED) is 0.236. The lowest BCUT2D eigenvalue weighted by Gasteiger charge is -2.27. The summed E-state index contributed by atoms with van der Waals surface area (Å²) < 4.78 is 5.30. The number of rotatable bonds is 6. The number of aromatic nitrogens is 2. The molecule has 39 heavy (non-hydrogen) atoms. The predicted octanol–water partition coefficient (Wildman–Crippen LogP) is 6.70. The Morgan fingerprint density at radius 1 is 1.00 bits per heavy atom. The number of aliphatic hydroxyl groups excluding tert-OH is 1. The fourth-order valence-electron chi connectivity index (χ4n) is 5.20. The molecule has 0 aliphatic carbocycles. The molecule has 0 saturated carbocycles. The molecule has 1 aliphatic rings. The number of Topliss-reactive ketones (excluding diaryl/α,β-unsaturated/α-hetero) is 1. The molecule has 1 atom stereocenters. The van der Waals surface area contributed by atoms with Crippen LogP contribution in [0.1, 0.15) is 32.7 Å². The molecule has 1 amide bonds. The van der Waals surface area contributed by atoms with Gasteiger partial charge in [0.2, 0.25) is 5.78 Å². The van der Waals surface area contributed by atoms with Crippen LogP contribution < -0.4 is 9.64 Å². The van der Waals surface area contributed by atoms with Crippen molar-refractivity contribution in [3.05, 3.63) is 112 Å². The van der Waals surface area contributed by atoms with Crippen molar-refractivity contribution in [2.45, 2.75) is 19.9 Å². The maximum atomic E-state index is 14.2. The second-order valence-corrected chi connectivity index (χ2v) is 10.4. The van der Waals surface area contributed by atoms with E-state index >= 15 is 0 Å². The number of benzene rings is 3. The van der Waals surface area contributed by atoms with E-state index in [9.17, 15) is 14.7 Å². The Hall–Kier alpha value is -4.69. The third-order valence-electron chi connectivity index (χ3n) is 7.04. The van der Waals surface area contributed by atoms with E-state index in [1.165, 1.54) is 16.2 Å². The van der Waals surface area contributed by atoms with Gasteiger partial charge in [-0.25, -0.2) is 4.98 Å². The van der Waals surface area contributed by atoms with Gasteiger partial charge in [-0.3, -0.25) is 14.5 Å². The third-order valence-corrected chi connectivity index (χ3v) is 8.25. The Bertz CT molecular complexity index is 1770. The number of nitrogens with one attached hydrogen (secondary N) is 1. The molecule has 1 aliphatic heterocycles. The average molecular weight is 536 g/mol. The topological polar surface area (TPSA) is 95.5 Å². The summed E-state index contributed by atoms with van der Waals surface area (Å²) >= 11 is 1.26. The number of ketones is 1. The van der Waals surface area contributed by atoms with Crippen molar-refractivity contribution in [3.63, 3.8) is 0 Å². The number of aryl methyl sites for hydroxylation is 2. The van der Waals surface area contributed by atoms with Crippen molar-refractivity contribution < 1.29 is 19.4 Å². The number of aromatic amines is 1. The standard InChI is InChI=1S/C31H25N3O4S/c1-17-24(22-11-7-8-12-23(22)32-17)26-25(28(36)31(37)34(26)20-13-15-21(38-3)16-14-20)27(35)29-18(2)33-30(39-29)19-9-5-4-6-10-19/h4-16,26,32,36H,1-3H3. The summed E-state index contributed by atoms with van der Waals surface area (Å²) in [6.07, 6.45) is 0. The summed E-state index contributed by atoms with van der Waals surface area (Å²) in [6.45, 7) is 3.69. The highest BCUT2D eigenvalue weighted by Gasteiger charge is 2.46. The number of nitrogens with zero attached hydrogens (tertiary/aromatic N) is 2. The SMILES string of the molecule is COc1ccc(N2C(=O)C(O)=C(C(=O)c3sc(-c4ccccc4)nc3C)C2c2c(C)[nH]c3ccccc23)cc1. The zero-order valence-corrected chi connectivity index (χ0v) is 22.4. The van der Waals surface area contributed by atoms with E-state index in [-0.39, 0.29) is 5.57 Å². The Morgan fingerprint density at radius 3 is 2.41 bits per heavy atom. The number of hydrogen-bond donors (Lipinski definition) is 2. The number of anilines is 1. The summed E-state index contributed by atoms with van der Waals surface area (Å²) in [6, 6.07) is 23.5. The highest BCUT2D eigenvalue weighted by atomic mass is 32.1. The first-order valence-corrected chi connectivity index (χ1v) is 13.3. The number of ether oxygens (including phenoxy) is 1. The molecule has 194 valence electrons. The number of carbonyl (C=O) groups is 2. The number of amides is 1. The maximum Gasteiger partial charge on any atom is 0.294 e. The first kappa shape index (κ1) is 24.6. The third kappa shape index (κ3) is 4.00. The Morgan fingerprint density at radius 2 is 1.69 bits per heavy atom. The van der Waals surface area contributed by atoms with Gasteiger partial charge in [0.15, 0.2) is 5.76 Å². The second-order valence-electron chi connectivity index (χ2n) is 9.38. The fourth-order valence-corrected chi connectivity index (χ4v) is 6.23. The maximum absolute atomic E-state index is 14.2. The minimum absolute atomic E-state index is 0.0371. The number of carbonyl (C=O) groups excluding carboxylic acids is 2. The number of H-pyrrole nitrogens is 1. The van der Waals surface area contributed by atoms with Crippen molar-refractivity contribution in [2.24, 2.45) is 0 Å². The van der Waals surface area contributed by atoms with Crippen LogP contribution in [-0.2, 0) is 4.79 Å². The number of hydrogen-bond acceptors (Lipinski definition) is 6. The van der Waals surface area contributed by atoms with E-state index in [1.807, 2.05) is 61.5 Å². The molecule has 3 heterocycles. The molecule has 0 fully saturated rings. The van der Waals surface area contributed by atoms with Gasteiger partial charge >= 0.3 is 0 Å². The summed E-state index contributed by atoms with van der Waals surface area (Å²) in [5, 5.41) is 12.9. The molecular weight excluding hydrogens is 510 g/mol. The molecule has 3 aromatic carbocycles. The van der Waals surface area contributed by atoms with Gasteiger partial charge in [-0.2, -0.15) is 0 Å². The first-order valence-electron chi connectivity index (χ1n) is 12.4. The Kier molecular flexibility index (Phi) is 6.04. The summed E-state index contributed by atoms with van der Waals surface area (Å²) in [5.74, 6) is -0.973. The molecule has 5 aromatic rings. The van der Waals surface area contributed by atoms with Crippen LogP contribution in [0.3, 0.4) is 0 Å². The van der Waals surface area contributed by atoms with Crippen LogP contribution >= 0.6 is 11.3 Å². The molecule has 1 unspecified atom stereocenters. The van der Waals surface area contributed by atoms with Gasteiger partial charge < -0.3 is 14.8 Å². The van der Waals surface area contributed by atoms with E-state index in [4.69, 9.17) is 4.74 Å². The molecule has 0 saturated heterocycles. The lowest BCUT2D eigenvalue weighted by Crippen LogP contribution is -2.31. The Balaban J connectivity index is 1.53. The molecule has 0 bridgehead atoms. The fraction of sp³-hybridized carbons (Fsp3) is 0.129. The van der Waals surface area contributed by atoms with Crippen LogP contribution in [0.15, 0.2) is 90.2 Å². The van der Waals surface area contributed by atoms with Crippen molar-refractivity contribution >= 4 is 39.6 Å². The van der Waals surface area contributed by atoms with Gasteiger partial charge in [0.05, 0.1) is 29.3 Å². The zero-order valence-electron chi connectivity index (χ0n) is 21.6. The van der Waals surface area contributed by atoms with E-state index in [0.29, 0.717) is 27.0 Å². The molecule has 7 nitrogen and oxygen atoms in total. The van der Waals surface area contributed by atoms with Crippen LogP contribution in [-0.4, -0.2) is 33.9 Å². The highest BCUT2D eigenvalue weighted by Crippen LogP contribution is 2.46. The molecule has 0 spiro atoms. The van der Waals surface area contributed by atoms with Gasteiger partial charge in [-0.05, 0) is 44.2 Å². The molecule has 8 heteroatoms. The van der Waals surface area contributed by atoms with Crippen LogP contribution in [0.25, 0.3) is 21.5 Å². The molecule has 2 N–H and O–H groups in total. The summed E-state index contributed by atoms with van der Waals surface area (Å²) in [5.41, 5.74) is 4.46. The number of aliphatic hydroxyl groups is 1. The van der Waals surface area contributed by atoms with Crippen molar-refractivity contribution in [3.8, 4) is 16.3 Å². The van der Waals surface area contributed by atoms with Gasteiger partial charge in [-0.15, -0.1) is 11.3 Å². The molecule has 6 rings (SSSR count). The number of thiazole rings is 1. The number of fused-ring (bicyclic) bond motifs is 1. The van der Waals surface area contributed by atoms with Crippen LogP contribution in [0.5, 0.6) is 5.75 Å². The van der Waals surface area contributed by atoms with Crippen molar-refractivity contribution in [1.82, 2.24) is 9.97 Å². The second kappa shape index (κ2) is 9.56. The van der Waals surface area contributed by atoms with Gasteiger partial charge in [0.1, 0.15) is 10.8 Å². The van der Waals surface area contributed by atoms with E-state index < -0.39 is 23.5 Å².